The van der Waals surface area contributed by atoms with Gasteiger partial charge >= 0.3 is 15.6 Å². The van der Waals surface area contributed by atoms with Crippen LogP contribution in [0.4, 0.5) is 13.2 Å². The number of hydrogen-bond acceptors (Lipinski definition) is 4. The van der Waals surface area contributed by atoms with Crippen molar-refractivity contribution in [1.82, 2.24) is 0 Å². The molecule has 1 aromatic rings. The highest BCUT2D eigenvalue weighted by atomic mass is 32.2. The van der Waals surface area contributed by atoms with E-state index in [1.54, 1.807) is 13.8 Å². The lowest BCUT2D eigenvalue weighted by atomic mass is 10.2. The maximum Gasteiger partial charge on any atom is 0.534 e. The highest BCUT2D eigenvalue weighted by Gasteiger charge is 2.49. The number of halogens is 3. The molecule has 0 bridgehead atoms. The molecule has 0 aliphatic rings. The van der Waals surface area contributed by atoms with Crippen LogP contribution in [0.15, 0.2) is 0 Å². The largest absolute Gasteiger partial charge is 0.534 e. The van der Waals surface area contributed by atoms with Crippen LogP contribution in [-0.2, 0) is 10.1 Å². The lowest BCUT2D eigenvalue weighted by Gasteiger charge is -2.08. The van der Waals surface area contributed by atoms with Crippen molar-refractivity contribution in [1.29, 1.82) is 0 Å². The Kier molecular flexibility index (Phi) is 3.26. The van der Waals surface area contributed by atoms with Crippen molar-refractivity contribution in [2.45, 2.75) is 26.3 Å². The number of rotatable bonds is 2. The number of aryl methyl sites for hydroxylation is 1. The molecule has 1 rings (SSSR count). The summed E-state index contributed by atoms with van der Waals surface area (Å²) in [5.41, 5.74) is -4.25. The summed E-state index contributed by atoms with van der Waals surface area (Å²) in [7, 11) is -5.57. The second-order valence-electron chi connectivity index (χ2n) is 3.18. The number of thiophene rings is 1. The zero-order valence-electron chi connectivity index (χ0n) is 8.68. The summed E-state index contributed by atoms with van der Waals surface area (Å²) in [6.45, 7) is 4.88. The first kappa shape index (κ1) is 13.3. The molecule has 0 fully saturated rings. The van der Waals surface area contributed by atoms with Gasteiger partial charge in [-0.1, -0.05) is 0 Å². The molecule has 0 aliphatic carbocycles. The summed E-state index contributed by atoms with van der Waals surface area (Å²) in [5, 5.41) is -0.229. The van der Waals surface area contributed by atoms with Crippen LogP contribution in [0.3, 0.4) is 0 Å². The molecule has 0 aliphatic heterocycles. The molecular weight excluding hydrogens is 265 g/mol. The minimum absolute atomic E-state index is 0.229. The van der Waals surface area contributed by atoms with Crippen molar-refractivity contribution in [3.63, 3.8) is 0 Å². The summed E-state index contributed by atoms with van der Waals surface area (Å²) >= 11 is 0.883. The fourth-order valence-corrected chi connectivity index (χ4v) is 2.65. The van der Waals surface area contributed by atoms with Gasteiger partial charge in [-0.15, -0.1) is 11.3 Å². The predicted molar refractivity (Wildman–Crippen MR) is 54.1 cm³/mol. The Morgan fingerprint density at radius 2 is 1.62 bits per heavy atom. The first-order valence-corrected chi connectivity index (χ1v) is 6.36. The van der Waals surface area contributed by atoms with Gasteiger partial charge in [-0.25, -0.2) is 0 Å². The fraction of sp³-hybridized carbons (Fsp3) is 0.500. The van der Waals surface area contributed by atoms with Gasteiger partial charge in [-0.05, 0) is 26.3 Å². The van der Waals surface area contributed by atoms with E-state index >= 15 is 0 Å². The molecule has 1 aromatic heterocycles. The van der Waals surface area contributed by atoms with Crippen molar-refractivity contribution >= 4 is 21.5 Å². The third-order valence-electron chi connectivity index (χ3n) is 2.11. The first-order valence-electron chi connectivity index (χ1n) is 4.13. The molecular formula is C8H9F3O3S2. The van der Waals surface area contributed by atoms with Crippen molar-refractivity contribution in [2.75, 3.05) is 0 Å². The highest BCUT2D eigenvalue weighted by molar-refractivity contribution is 7.88. The Balaban J connectivity index is 3.12. The van der Waals surface area contributed by atoms with Gasteiger partial charge < -0.3 is 4.18 Å². The molecule has 0 spiro atoms. The lowest BCUT2D eigenvalue weighted by molar-refractivity contribution is -0.0499. The minimum atomic E-state index is -5.57. The van der Waals surface area contributed by atoms with Gasteiger partial charge in [-0.2, -0.15) is 21.6 Å². The Bertz CT molecular complexity index is 499. The smallest absolute Gasteiger partial charge is 0.365 e. The monoisotopic (exact) mass is 274 g/mol. The molecule has 0 saturated heterocycles. The van der Waals surface area contributed by atoms with E-state index in [4.69, 9.17) is 0 Å². The van der Waals surface area contributed by atoms with Crippen molar-refractivity contribution in [2.24, 2.45) is 0 Å². The van der Waals surface area contributed by atoms with E-state index in [2.05, 4.69) is 4.18 Å². The van der Waals surface area contributed by atoms with Gasteiger partial charge in [0.15, 0.2) is 5.06 Å². The molecule has 0 N–H and O–H groups in total. The second kappa shape index (κ2) is 3.92. The van der Waals surface area contributed by atoms with Crippen LogP contribution in [0.2, 0.25) is 0 Å². The van der Waals surface area contributed by atoms with Gasteiger partial charge in [0.1, 0.15) is 0 Å². The van der Waals surface area contributed by atoms with E-state index in [0.717, 1.165) is 21.8 Å². The van der Waals surface area contributed by atoms with Gasteiger partial charge in [0.05, 0.1) is 0 Å². The quantitative estimate of drug-likeness (QED) is 0.615. The van der Waals surface area contributed by atoms with Crippen molar-refractivity contribution in [3.05, 3.63) is 16.0 Å². The summed E-state index contributed by atoms with van der Waals surface area (Å²) < 4.78 is 61.7. The normalized spacial score (nSPS) is 12.9. The Hall–Kier alpha value is -0.760. The summed E-state index contributed by atoms with van der Waals surface area (Å²) in [5.74, 6) is 0. The van der Waals surface area contributed by atoms with Crippen LogP contribution in [0.1, 0.15) is 16.0 Å². The predicted octanol–water partition coefficient (Wildman–Crippen LogP) is 2.90. The fourth-order valence-electron chi connectivity index (χ4n) is 0.936. The minimum Gasteiger partial charge on any atom is -0.365 e. The molecule has 0 saturated carbocycles. The molecule has 8 heteroatoms. The van der Waals surface area contributed by atoms with E-state index in [9.17, 15) is 21.6 Å². The van der Waals surface area contributed by atoms with Gasteiger partial charge in [0.25, 0.3) is 0 Å². The SMILES string of the molecule is Cc1sc(OS(=O)(=O)C(F)(F)F)c(C)c1C. The number of alkyl halides is 3. The zero-order valence-corrected chi connectivity index (χ0v) is 10.3. The average Bonchev–Trinajstić information content (AvgIpc) is 2.31. The van der Waals surface area contributed by atoms with Crippen LogP contribution in [0, 0.1) is 20.8 Å². The summed E-state index contributed by atoms with van der Waals surface area (Å²) in [6.07, 6.45) is 0. The van der Waals surface area contributed by atoms with Crippen LogP contribution in [-0.4, -0.2) is 13.9 Å². The van der Waals surface area contributed by atoms with Crippen LogP contribution in [0.5, 0.6) is 5.06 Å². The maximum absolute atomic E-state index is 12.0. The summed E-state index contributed by atoms with van der Waals surface area (Å²) in [4.78, 5) is 0.727. The molecule has 1 heterocycles. The zero-order chi connectivity index (χ0) is 12.7. The standard InChI is InChI=1S/C8H9F3O3S2/c1-4-5(2)7(15-6(4)3)14-16(12,13)8(9,10)11/h1-3H3. The third-order valence-corrected chi connectivity index (χ3v) is 4.36. The van der Waals surface area contributed by atoms with E-state index in [1.165, 1.54) is 6.92 Å². The third kappa shape index (κ3) is 2.32. The number of hydrogen-bond donors (Lipinski definition) is 0. The van der Waals surface area contributed by atoms with E-state index in [-0.39, 0.29) is 5.06 Å². The molecule has 0 amide bonds. The molecule has 0 unspecified atom stereocenters. The molecule has 3 nitrogen and oxygen atoms in total. The van der Waals surface area contributed by atoms with E-state index in [0.29, 0.717) is 5.56 Å². The Labute approximate surface area is 95.0 Å². The van der Waals surface area contributed by atoms with E-state index < -0.39 is 15.6 Å². The second-order valence-corrected chi connectivity index (χ2v) is 5.90. The van der Waals surface area contributed by atoms with Crippen LogP contribution >= 0.6 is 11.3 Å². The maximum atomic E-state index is 12.0. The molecule has 0 aromatic carbocycles. The van der Waals surface area contributed by atoms with Crippen molar-refractivity contribution < 1.29 is 25.8 Å². The Morgan fingerprint density at radius 1 is 1.12 bits per heavy atom. The van der Waals surface area contributed by atoms with Gasteiger partial charge in [0, 0.05) is 10.4 Å². The molecule has 0 atom stereocenters. The van der Waals surface area contributed by atoms with Crippen molar-refractivity contribution in [3.8, 4) is 5.06 Å². The van der Waals surface area contributed by atoms with Gasteiger partial charge in [-0.3, -0.25) is 0 Å². The lowest BCUT2D eigenvalue weighted by Crippen LogP contribution is -2.27. The molecule has 0 radical (unpaired) electrons. The Morgan fingerprint density at radius 3 is 1.94 bits per heavy atom. The molecule has 16 heavy (non-hydrogen) atoms. The molecule has 92 valence electrons. The topological polar surface area (TPSA) is 43.4 Å². The van der Waals surface area contributed by atoms with Crippen LogP contribution < -0.4 is 4.18 Å². The van der Waals surface area contributed by atoms with Gasteiger partial charge in [0.2, 0.25) is 0 Å². The first-order chi connectivity index (χ1) is 7.06. The van der Waals surface area contributed by atoms with Crippen LogP contribution in [0.25, 0.3) is 0 Å². The average molecular weight is 274 g/mol. The summed E-state index contributed by atoms with van der Waals surface area (Å²) in [6, 6.07) is 0. The van der Waals surface area contributed by atoms with E-state index in [1.807, 2.05) is 0 Å². The highest BCUT2D eigenvalue weighted by Crippen LogP contribution is 2.37.